The SMILES string of the molecule is C=CC(=O)Nc1ccc2c(c1)C(Oc1ccc(C(F)(F)F)cc1)C(F)C2. The van der Waals surface area contributed by atoms with Gasteiger partial charge in [-0.1, -0.05) is 12.6 Å². The maximum Gasteiger partial charge on any atom is 0.416 e. The molecule has 1 amide bonds. The molecular formula is C19H15F4NO2. The quantitative estimate of drug-likeness (QED) is 0.622. The summed E-state index contributed by atoms with van der Waals surface area (Å²) in [5.41, 5.74) is 0.942. The predicted octanol–water partition coefficient (Wildman–Crippen LogP) is 4.84. The van der Waals surface area contributed by atoms with Gasteiger partial charge in [0.2, 0.25) is 5.91 Å². The van der Waals surface area contributed by atoms with Gasteiger partial charge in [-0.2, -0.15) is 13.2 Å². The standard InChI is InChI=1S/C19H15F4NO2/c1-2-17(25)24-13-6-3-11-9-16(20)18(15(11)10-13)26-14-7-4-12(5-8-14)19(21,22)23/h2-8,10,16,18H,1,9H2,(H,24,25). The lowest BCUT2D eigenvalue weighted by Crippen LogP contribution is -2.15. The van der Waals surface area contributed by atoms with Crippen molar-refractivity contribution in [3.05, 3.63) is 71.8 Å². The van der Waals surface area contributed by atoms with Crippen LogP contribution >= 0.6 is 0 Å². The van der Waals surface area contributed by atoms with Crippen LogP contribution in [0.25, 0.3) is 0 Å². The second kappa shape index (κ2) is 6.82. The normalized spacial score (nSPS) is 18.9. The Labute approximate surface area is 147 Å². The minimum atomic E-state index is -4.45. The van der Waals surface area contributed by atoms with Gasteiger partial charge in [-0.15, -0.1) is 0 Å². The van der Waals surface area contributed by atoms with E-state index in [0.29, 0.717) is 11.3 Å². The third kappa shape index (κ3) is 3.71. The average molecular weight is 365 g/mol. The highest BCUT2D eigenvalue weighted by Crippen LogP contribution is 2.39. The number of rotatable bonds is 4. The predicted molar refractivity (Wildman–Crippen MR) is 88.7 cm³/mol. The van der Waals surface area contributed by atoms with Crippen LogP contribution < -0.4 is 10.1 Å². The number of fused-ring (bicyclic) bond motifs is 1. The van der Waals surface area contributed by atoms with Crippen molar-refractivity contribution in [2.24, 2.45) is 0 Å². The summed E-state index contributed by atoms with van der Waals surface area (Å²) >= 11 is 0. The number of carbonyl (C=O) groups excluding carboxylic acids is 1. The monoisotopic (exact) mass is 365 g/mol. The molecule has 0 fully saturated rings. The molecule has 0 saturated heterocycles. The fraction of sp³-hybridized carbons (Fsp3) is 0.211. The fourth-order valence-corrected chi connectivity index (χ4v) is 2.84. The van der Waals surface area contributed by atoms with E-state index >= 15 is 0 Å². The zero-order chi connectivity index (χ0) is 18.9. The molecule has 1 N–H and O–H groups in total. The Bertz CT molecular complexity index is 830. The van der Waals surface area contributed by atoms with Gasteiger partial charge in [0.25, 0.3) is 0 Å². The highest BCUT2D eigenvalue weighted by molar-refractivity contribution is 5.98. The van der Waals surface area contributed by atoms with Crippen LogP contribution in [0.15, 0.2) is 55.1 Å². The smallest absolute Gasteiger partial charge is 0.416 e. The molecule has 0 aromatic heterocycles. The summed E-state index contributed by atoms with van der Waals surface area (Å²) in [6, 6.07) is 9.04. The Balaban J connectivity index is 1.82. The van der Waals surface area contributed by atoms with E-state index < -0.39 is 29.9 Å². The number of alkyl halides is 4. The zero-order valence-corrected chi connectivity index (χ0v) is 13.5. The summed E-state index contributed by atoms with van der Waals surface area (Å²) < 4.78 is 57.8. The molecule has 7 heteroatoms. The van der Waals surface area contributed by atoms with Gasteiger partial charge in [-0.25, -0.2) is 4.39 Å². The van der Waals surface area contributed by atoms with Crippen LogP contribution in [0.1, 0.15) is 22.8 Å². The number of hydrogen-bond donors (Lipinski definition) is 1. The highest BCUT2D eigenvalue weighted by atomic mass is 19.4. The van der Waals surface area contributed by atoms with Crippen molar-refractivity contribution >= 4 is 11.6 Å². The van der Waals surface area contributed by atoms with Gasteiger partial charge < -0.3 is 10.1 Å². The number of amides is 1. The Morgan fingerprint density at radius 3 is 2.50 bits per heavy atom. The molecule has 0 saturated carbocycles. The van der Waals surface area contributed by atoms with Gasteiger partial charge in [0.05, 0.1) is 5.56 Å². The zero-order valence-electron chi connectivity index (χ0n) is 13.5. The van der Waals surface area contributed by atoms with E-state index in [0.717, 1.165) is 35.9 Å². The highest BCUT2D eigenvalue weighted by Gasteiger charge is 2.35. The Morgan fingerprint density at radius 2 is 1.88 bits per heavy atom. The van der Waals surface area contributed by atoms with Crippen molar-refractivity contribution in [3.63, 3.8) is 0 Å². The number of benzene rings is 2. The number of anilines is 1. The van der Waals surface area contributed by atoms with Crippen molar-refractivity contribution in [1.29, 1.82) is 0 Å². The molecule has 136 valence electrons. The number of nitrogens with one attached hydrogen (secondary N) is 1. The average Bonchev–Trinajstić information content (AvgIpc) is 2.90. The molecule has 1 aliphatic rings. The maximum absolute atomic E-state index is 14.4. The van der Waals surface area contributed by atoms with Crippen molar-refractivity contribution in [1.82, 2.24) is 0 Å². The first kappa shape index (κ1) is 18.0. The fourth-order valence-electron chi connectivity index (χ4n) is 2.84. The Morgan fingerprint density at radius 1 is 1.19 bits per heavy atom. The van der Waals surface area contributed by atoms with Gasteiger partial charge in [0, 0.05) is 17.7 Å². The van der Waals surface area contributed by atoms with Crippen molar-refractivity contribution in [2.75, 3.05) is 5.32 Å². The lowest BCUT2D eigenvalue weighted by molar-refractivity contribution is -0.137. The molecule has 2 unspecified atom stereocenters. The van der Waals surface area contributed by atoms with E-state index in [1.54, 1.807) is 18.2 Å². The van der Waals surface area contributed by atoms with Crippen LogP contribution in [0, 0.1) is 0 Å². The third-order valence-electron chi connectivity index (χ3n) is 4.09. The summed E-state index contributed by atoms with van der Waals surface area (Å²) in [6.07, 6.45) is -5.49. The Kier molecular flexibility index (Phi) is 4.71. The molecule has 1 aliphatic carbocycles. The van der Waals surface area contributed by atoms with Crippen molar-refractivity contribution in [3.8, 4) is 5.75 Å². The second-order valence-corrected chi connectivity index (χ2v) is 5.89. The number of ether oxygens (including phenoxy) is 1. The summed E-state index contributed by atoms with van der Waals surface area (Å²) in [6.45, 7) is 3.36. The first-order valence-electron chi connectivity index (χ1n) is 7.82. The van der Waals surface area contributed by atoms with Crippen LogP contribution in [0.3, 0.4) is 0 Å². The molecule has 2 aromatic carbocycles. The Hall–Kier alpha value is -2.83. The molecule has 0 bridgehead atoms. The minimum absolute atomic E-state index is 0.135. The molecule has 2 aromatic rings. The van der Waals surface area contributed by atoms with E-state index in [1.165, 1.54) is 0 Å². The van der Waals surface area contributed by atoms with Gasteiger partial charge in [-0.05, 0) is 48.0 Å². The first-order valence-corrected chi connectivity index (χ1v) is 7.82. The lowest BCUT2D eigenvalue weighted by atomic mass is 10.1. The molecule has 0 heterocycles. The van der Waals surface area contributed by atoms with Crippen LogP contribution in [0.4, 0.5) is 23.2 Å². The van der Waals surface area contributed by atoms with E-state index in [1.807, 2.05) is 0 Å². The molecule has 3 rings (SSSR count). The van der Waals surface area contributed by atoms with E-state index in [2.05, 4.69) is 11.9 Å². The van der Waals surface area contributed by atoms with Crippen molar-refractivity contribution < 1.29 is 27.1 Å². The summed E-state index contributed by atoms with van der Waals surface area (Å²) in [5.74, 6) is -0.265. The summed E-state index contributed by atoms with van der Waals surface area (Å²) in [5, 5.41) is 2.58. The van der Waals surface area contributed by atoms with Gasteiger partial charge in [-0.3, -0.25) is 4.79 Å². The third-order valence-corrected chi connectivity index (χ3v) is 4.09. The second-order valence-electron chi connectivity index (χ2n) is 5.89. The van der Waals surface area contributed by atoms with E-state index in [-0.39, 0.29) is 12.2 Å². The van der Waals surface area contributed by atoms with E-state index in [4.69, 9.17) is 4.74 Å². The summed E-state index contributed by atoms with van der Waals surface area (Å²) in [4.78, 5) is 11.4. The summed E-state index contributed by atoms with van der Waals surface area (Å²) in [7, 11) is 0. The largest absolute Gasteiger partial charge is 0.483 e. The van der Waals surface area contributed by atoms with E-state index in [9.17, 15) is 22.4 Å². The van der Waals surface area contributed by atoms with Crippen LogP contribution in [-0.2, 0) is 17.4 Å². The topological polar surface area (TPSA) is 38.3 Å². The molecule has 0 aliphatic heterocycles. The molecule has 0 spiro atoms. The van der Waals surface area contributed by atoms with Crippen molar-refractivity contribution in [2.45, 2.75) is 24.9 Å². The first-order chi connectivity index (χ1) is 12.3. The number of carbonyl (C=O) groups is 1. The molecule has 3 nitrogen and oxygen atoms in total. The maximum atomic E-state index is 14.4. The van der Waals surface area contributed by atoms with Crippen LogP contribution in [-0.4, -0.2) is 12.1 Å². The van der Waals surface area contributed by atoms with Crippen LogP contribution in [0.2, 0.25) is 0 Å². The van der Waals surface area contributed by atoms with Gasteiger partial charge >= 0.3 is 6.18 Å². The number of hydrogen-bond acceptors (Lipinski definition) is 2. The molecular weight excluding hydrogens is 350 g/mol. The lowest BCUT2D eigenvalue weighted by Gasteiger charge is -2.18. The molecule has 2 atom stereocenters. The minimum Gasteiger partial charge on any atom is -0.483 e. The van der Waals surface area contributed by atoms with Crippen LogP contribution in [0.5, 0.6) is 5.75 Å². The van der Waals surface area contributed by atoms with Gasteiger partial charge in [0.15, 0.2) is 6.10 Å². The van der Waals surface area contributed by atoms with Gasteiger partial charge in [0.1, 0.15) is 11.9 Å². The molecule has 0 radical (unpaired) electrons. The number of halogens is 4. The molecule has 26 heavy (non-hydrogen) atoms.